The molecule has 0 spiro atoms. The lowest BCUT2D eigenvalue weighted by Crippen LogP contribution is -2.38. The van der Waals surface area contributed by atoms with Gasteiger partial charge in [0.05, 0.1) is 13.2 Å². The van der Waals surface area contributed by atoms with Gasteiger partial charge < -0.3 is 15.8 Å². The van der Waals surface area contributed by atoms with Crippen molar-refractivity contribution in [2.75, 3.05) is 26.3 Å². The number of rotatable bonds is 6. The van der Waals surface area contributed by atoms with Crippen molar-refractivity contribution in [3.63, 3.8) is 0 Å². The number of amides is 1. The highest BCUT2D eigenvalue weighted by Gasteiger charge is 2.17. The highest BCUT2D eigenvalue weighted by molar-refractivity contribution is 5.85. The normalized spacial score (nSPS) is 17.1. The molecule has 1 heterocycles. The Morgan fingerprint density at radius 1 is 1.21 bits per heavy atom. The Labute approximate surface area is 157 Å². The zero-order chi connectivity index (χ0) is 15.9. The first-order chi connectivity index (χ1) is 10.6. The smallest absolute Gasteiger partial charge is 0.224 e. The van der Waals surface area contributed by atoms with Gasteiger partial charge in [-0.25, -0.2) is 0 Å². The molecule has 138 valence electrons. The molecule has 1 fully saturated rings. The Bertz CT molecular complexity index is 494. The van der Waals surface area contributed by atoms with Gasteiger partial charge in [-0.15, -0.1) is 24.8 Å². The molecule has 0 aliphatic carbocycles. The van der Waals surface area contributed by atoms with Crippen molar-refractivity contribution in [2.24, 2.45) is 11.7 Å². The summed E-state index contributed by atoms with van der Waals surface area (Å²) in [7, 11) is 0. The highest BCUT2D eigenvalue weighted by atomic mass is 35.5. The fourth-order valence-electron chi connectivity index (χ4n) is 2.47. The van der Waals surface area contributed by atoms with Crippen molar-refractivity contribution in [2.45, 2.75) is 33.0 Å². The second kappa shape index (κ2) is 11.7. The fourth-order valence-corrected chi connectivity index (χ4v) is 2.47. The van der Waals surface area contributed by atoms with E-state index in [0.29, 0.717) is 6.54 Å². The second-order valence-corrected chi connectivity index (χ2v) is 6.02. The molecule has 1 aliphatic rings. The molecular formula is C17H29Cl2N3O2. The SMILES string of the molecule is CC(N)C(C)C(=O)NCc1ccccc1CN1CCOCC1.Cl.Cl. The van der Waals surface area contributed by atoms with Crippen LogP contribution in [0.25, 0.3) is 0 Å². The monoisotopic (exact) mass is 377 g/mol. The summed E-state index contributed by atoms with van der Waals surface area (Å²) in [6.45, 7) is 8.69. The molecule has 5 nitrogen and oxygen atoms in total. The predicted octanol–water partition coefficient (Wildman–Crippen LogP) is 1.96. The van der Waals surface area contributed by atoms with Crippen LogP contribution in [0.2, 0.25) is 0 Å². The molecule has 0 bridgehead atoms. The van der Waals surface area contributed by atoms with Crippen LogP contribution >= 0.6 is 24.8 Å². The van der Waals surface area contributed by atoms with Gasteiger partial charge in [0, 0.05) is 38.1 Å². The van der Waals surface area contributed by atoms with Gasteiger partial charge in [-0.05, 0) is 18.1 Å². The molecule has 0 aromatic heterocycles. The molecule has 24 heavy (non-hydrogen) atoms. The Kier molecular flexibility index (Phi) is 11.2. The number of carbonyl (C=O) groups excluding carboxylic acids is 1. The number of ether oxygens (including phenoxy) is 1. The summed E-state index contributed by atoms with van der Waals surface area (Å²) in [6, 6.07) is 8.13. The van der Waals surface area contributed by atoms with E-state index in [1.807, 2.05) is 26.0 Å². The third-order valence-electron chi connectivity index (χ3n) is 4.27. The van der Waals surface area contributed by atoms with Crippen molar-refractivity contribution in [3.05, 3.63) is 35.4 Å². The molecule has 1 aliphatic heterocycles. The Hall–Kier alpha value is -0.850. The van der Waals surface area contributed by atoms with Gasteiger partial charge in [-0.1, -0.05) is 31.2 Å². The van der Waals surface area contributed by atoms with E-state index in [1.54, 1.807) is 0 Å². The number of nitrogens with one attached hydrogen (secondary N) is 1. The number of halogens is 2. The zero-order valence-electron chi connectivity index (χ0n) is 14.4. The third-order valence-corrected chi connectivity index (χ3v) is 4.27. The van der Waals surface area contributed by atoms with Crippen LogP contribution in [0.5, 0.6) is 0 Å². The molecule has 1 aromatic rings. The number of nitrogens with two attached hydrogens (primary N) is 1. The van der Waals surface area contributed by atoms with E-state index < -0.39 is 0 Å². The average molecular weight is 378 g/mol. The molecule has 2 atom stereocenters. The zero-order valence-corrected chi connectivity index (χ0v) is 16.0. The number of morpholine rings is 1. The van der Waals surface area contributed by atoms with Crippen LogP contribution in [0.1, 0.15) is 25.0 Å². The van der Waals surface area contributed by atoms with Gasteiger partial charge in [-0.2, -0.15) is 0 Å². The van der Waals surface area contributed by atoms with E-state index in [9.17, 15) is 4.79 Å². The summed E-state index contributed by atoms with van der Waals surface area (Å²) in [5, 5.41) is 3.00. The molecule has 0 saturated carbocycles. The van der Waals surface area contributed by atoms with E-state index in [1.165, 1.54) is 11.1 Å². The van der Waals surface area contributed by atoms with Crippen LogP contribution in [0.4, 0.5) is 0 Å². The summed E-state index contributed by atoms with van der Waals surface area (Å²) >= 11 is 0. The lowest BCUT2D eigenvalue weighted by Gasteiger charge is -2.27. The maximum atomic E-state index is 12.0. The van der Waals surface area contributed by atoms with Gasteiger partial charge in [-0.3, -0.25) is 9.69 Å². The van der Waals surface area contributed by atoms with Crippen LogP contribution in [0.15, 0.2) is 24.3 Å². The minimum absolute atomic E-state index is 0. The molecule has 0 radical (unpaired) electrons. The molecule has 7 heteroatoms. The first-order valence-corrected chi connectivity index (χ1v) is 7.98. The van der Waals surface area contributed by atoms with Crippen molar-refractivity contribution < 1.29 is 9.53 Å². The summed E-state index contributed by atoms with van der Waals surface area (Å²) < 4.78 is 5.38. The van der Waals surface area contributed by atoms with Gasteiger partial charge in [0.1, 0.15) is 0 Å². The minimum Gasteiger partial charge on any atom is -0.379 e. The van der Waals surface area contributed by atoms with Crippen molar-refractivity contribution in [1.82, 2.24) is 10.2 Å². The Balaban J connectivity index is 0.00000264. The standard InChI is InChI=1S/C17H27N3O2.2ClH/c1-13(14(2)18)17(21)19-11-15-5-3-4-6-16(15)12-20-7-9-22-10-8-20;;/h3-6,13-14H,7-12,18H2,1-2H3,(H,19,21);2*1H. The topological polar surface area (TPSA) is 67.6 Å². The maximum absolute atomic E-state index is 12.0. The predicted molar refractivity (Wildman–Crippen MR) is 102 cm³/mol. The van der Waals surface area contributed by atoms with Gasteiger partial charge in [0.25, 0.3) is 0 Å². The van der Waals surface area contributed by atoms with E-state index in [2.05, 4.69) is 22.3 Å². The Morgan fingerprint density at radius 2 is 1.79 bits per heavy atom. The molecule has 1 saturated heterocycles. The number of hydrogen-bond acceptors (Lipinski definition) is 4. The van der Waals surface area contributed by atoms with E-state index in [-0.39, 0.29) is 42.7 Å². The number of carbonyl (C=O) groups is 1. The summed E-state index contributed by atoms with van der Waals surface area (Å²) in [5.74, 6) is -0.164. The highest BCUT2D eigenvalue weighted by Crippen LogP contribution is 2.13. The molecule has 1 aromatic carbocycles. The maximum Gasteiger partial charge on any atom is 0.224 e. The number of hydrogen-bond donors (Lipinski definition) is 2. The van der Waals surface area contributed by atoms with Gasteiger partial charge in [0.2, 0.25) is 5.91 Å². The molecule has 2 unspecified atom stereocenters. The van der Waals surface area contributed by atoms with Crippen molar-refractivity contribution in [3.8, 4) is 0 Å². The van der Waals surface area contributed by atoms with E-state index in [0.717, 1.165) is 32.8 Å². The Morgan fingerprint density at radius 3 is 2.38 bits per heavy atom. The third kappa shape index (κ3) is 6.95. The van der Waals surface area contributed by atoms with Gasteiger partial charge >= 0.3 is 0 Å². The molecule has 1 amide bonds. The molecule has 2 rings (SSSR count). The van der Waals surface area contributed by atoms with Crippen LogP contribution in [0.3, 0.4) is 0 Å². The second-order valence-electron chi connectivity index (χ2n) is 6.02. The number of nitrogens with zero attached hydrogens (tertiary/aromatic N) is 1. The first-order valence-electron chi connectivity index (χ1n) is 7.98. The van der Waals surface area contributed by atoms with Crippen LogP contribution in [0, 0.1) is 5.92 Å². The fraction of sp³-hybridized carbons (Fsp3) is 0.588. The first kappa shape index (κ1) is 23.1. The minimum atomic E-state index is -0.175. The number of benzene rings is 1. The van der Waals surface area contributed by atoms with Crippen LogP contribution < -0.4 is 11.1 Å². The van der Waals surface area contributed by atoms with Crippen LogP contribution in [-0.2, 0) is 22.6 Å². The van der Waals surface area contributed by atoms with Crippen LogP contribution in [-0.4, -0.2) is 43.2 Å². The summed E-state index contributed by atoms with van der Waals surface area (Å²) in [4.78, 5) is 14.4. The summed E-state index contributed by atoms with van der Waals surface area (Å²) in [6.07, 6.45) is 0. The molecular weight excluding hydrogens is 349 g/mol. The lowest BCUT2D eigenvalue weighted by atomic mass is 10.0. The molecule has 3 N–H and O–H groups in total. The quantitative estimate of drug-likeness (QED) is 0.794. The van der Waals surface area contributed by atoms with Crippen molar-refractivity contribution >= 4 is 30.7 Å². The summed E-state index contributed by atoms with van der Waals surface area (Å²) in [5.41, 5.74) is 8.21. The lowest BCUT2D eigenvalue weighted by molar-refractivity contribution is -0.125. The van der Waals surface area contributed by atoms with E-state index >= 15 is 0 Å². The largest absolute Gasteiger partial charge is 0.379 e. The van der Waals surface area contributed by atoms with Crippen molar-refractivity contribution in [1.29, 1.82) is 0 Å². The van der Waals surface area contributed by atoms with E-state index in [4.69, 9.17) is 10.5 Å². The van der Waals surface area contributed by atoms with Gasteiger partial charge in [0.15, 0.2) is 0 Å². The average Bonchev–Trinajstić information content (AvgIpc) is 2.54.